The van der Waals surface area contributed by atoms with Crippen LogP contribution in [0.25, 0.3) is 0 Å². The zero-order valence-electron chi connectivity index (χ0n) is 20.6. The van der Waals surface area contributed by atoms with Crippen molar-refractivity contribution in [3.05, 3.63) is 78.0 Å². The molecule has 2 aliphatic rings. The van der Waals surface area contributed by atoms with Gasteiger partial charge in [0.2, 0.25) is 5.91 Å². The van der Waals surface area contributed by atoms with E-state index in [-0.39, 0.29) is 22.6 Å². The highest BCUT2D eigenvalue weighted by molar-refractivity contribution is 7.92. The fraction of sp³-hybridized carbons (Fsp3) is 0.333. The molecule has 0 bridgehead atoms. The van der Waals surface area contributed by atoms with E-state index in [0.29, 0.717) is 50.3 Å². The number of carbonyl (C=O) groups excluding carboxylic acids is 2. The number of piperidine rings is 1. The van der Waals surface area contributed by atoms with E-state index in [9.17, 15) is 18.0 Å². The average molecular weight is 520 g/mol. The van der Waals surface area contributed by atoms with Crippen molar-refractivity contribution in [2.45, 2.75) is 29.9 Å². The molecule has 0 unspecified atom stereocenters. The minimum atomic E-state index is -3.55. The summed E-state index contributed by atoms with van der Waals surface area (Å²) in [5, 5.41) is 10.2. The lowest BCUT2D eigenvalue weighted by molar-refractivity contribution is -0.120. The monoisotopic (exact) mass is 519 g/mol. The topological polar surface area (TPSA) is 113 Å². The number of carbonyl (C=O) groups is 2. The van der Waals surface area contributed by atoms with E-state index in [0.717, 1.165) is 11.4 Å². The molecule has 0 atom stereocenters. The van der Waals surface area contributed by atoms with Crippen molar-refractivity contribution in [3.8, 4) is 0 Å². The lowest BCUT2D eigenvalue weighted by Gasteiger charge is -2.38. The molecule has 2 aromatic carbocycles. The molecule has 1 aromatic heterocycles. The zero-order chi connectivity index (χ0) is 26.0. The number of aromatic nitrogens is 2. The standard InChI is InChI=1S/C27H29N5O4S/c1-19-5-2-3-6-24(19)27(34)31-15-12-23(13-16-31)37(35,36)22-10-8-21(9-11-22)29-26(33)20-17-32(18-20)25-7-4-14-28-30-25/h2-11,14,20,23H,12-13,15-18H2,1H3,(H,29,33). The number of nitrogens with zero attached hydrogens (tertiary/aromatic N) is 4. The van der Waals surface area contributed by atoms with Gasteiger partial charge in [-0.1, -0.05) is 18.2 Å². The number of anilines is 2. The van der Waals surface area contributed by atoms with Gasteiger partial charge in [-0.25, -0.2) is 8.42 Å². The van der Waals surface area contributed by atoms with Crippen molar-refractivity contribution in [3.63, 3.8) is 0 Å². The minimum Gasteiger partial charge on any atom is -0.353 e. The third-order valence-corrected chi connectivity index (χ3v) is 9.41. The second-order valence-corrected chi connectivity index (χ2v) is 11.8. The second kappa shape index (κ2) is 10.3. The Bertz CT molecular complexity index is 1380. The van der Waals surface area contributed by atoms with Gasteiger partial charge in [0.25, 0.3) is 5.91 Å². The Morgan fingerprint density at radius 3 is 2.30 bits per heavy atom. The lowest BCUT2D eigenvalue weighted by Crippen LogP contribution is -2.52. The average Bonchev–Trinajstić information content (AvgIpc) is 2.89. The SMILES string of the molecule is Cc1ccccc1C(=O)N1CCC(S(=O)(=O)c2ccc(NC(=O)C3CN(c4cccnn4)C3)cc2)CC1. The summed E-state index contributed by atoms with van der Waals surface area (Å²) in [4.78, 5) is 29.4. The van der Waals surface area contributed by atoms with Crippen molar-refractivity contribution >= 4 is 33.2 Å². The van der Waals surface area contributed by atoms with Crippen LogP contribution in [-0.4, -0.2) is 66.8 Å². The number of aryl methyl sites for hydroxylation is 1. The second-order valence-electron chi connectivity index (χ2n) is 9.55. The third kappa shape index (κ3) is 5.20. The molecule has 2 fully saturated rings. The predicted octanol–water partition coefficient (Wildman–Crippen LogP) is 2.94. The van der Waals surface area contributed by atoms with Crippen molar-refractivity contribution in [1.29, 1.82) is 0 Å². The van der Waals surface area contributed by atoms with Crippen LogP contribution < -0.4 is 10.2 Å². The molecule has 192 valence electrons. The molecule has 0 aliphatic carbocycles. The molecule has 3 aromatic rings. The summed E-state index contributed by atoms with van der Waals surface area (Å²) in [6, 6.07) is 17.4. The summed E-state index contributed by atoms with van der Waals surface area (Å²) in [6.45, 7) is 3.82. The number of amides is 2. The van der Waals surface area contributed by atoms with Gasteiger partial charge in [-0.05, 0) is 67.8 Å². The van der Waals surface area contributed by atoms with Gasteiger partial charge < -0.3 is 15.1 Å². The Morgan fingerprint density at radius 1 is 0.946 bits per heavy atom. The van der Waals surface area contributed by atoms with Crippen LogP contribution in [0.2, 0.25) is 0 Å². The summed E-state index contributed by atoms with van der Waals surface area (Å²) in [5.74, 6) is 0.409. The largest absolute Gasteiger partial charge is 0.353 e. The van der Waals surface area contributed by atoms with Crippen LogP contribution in [-0.2, 0) is 14.6 Å². The van der Waals surface area contributed by atoms with Gasteiger partial charge in [0.15, 0.2) is 15.7 Å². The molecule has 9 nitrogen and oxygen atoms in total. The van der Waals surface area contributed by atoms with E-state index < -0.39 is 15.1 Å². The van der Waals surface area contributed by atoms with E-state index in [1.54, 1.807) is 47.5 Å². The zero-order valence-corrected chi connectivity index (χ0v) is 21.4. The summed E-state index contributed by atoms with van der Waals surface area (Å²) in [5.41, 5.74) is 2.12. The third-order valence-electron chi connectivity index (χ3n) is 7.13. The lowest BCUT2D eigenvalue weighted by atomic mass is 9.99. The quantitative estimate of drug-likeness (QED) is 0.533. The van der Waals surface area contributed by atoms with E-state index in [2.05, 4.69) is 15.5 Å². The maximum Gasteiger partial charge on any atom is 0.254 e. The number of hydrogen-bond donors (Lipinski definition) is 1. The molecular formula is C27H29N5O4S. The molecule has 2 aliphatic heterocycles. The van der Waals surface area contributed by atoms with Crippen LogP contribution in [0.15, 0.2) is 71.8 Å². The first-order chi connectivity index (χ1) is 17.8. The van der Waals surface area contributed by atoms with Gasteiger partial charge in [0.05, 0.1) is 16.1 Å². The molecule has 2 saturated heterocycles. The smallest absolute Gasteiger partial charge is 0.254 e. The van der Waals surface area contributed by atoms with Gasteiger partial charge >= 0.3 is 0 Å². The summed E-state index contributed by atoms with van der Waals surface area (Å²) in [7, 11) is -3.55. The van der Waals surface area contributed by atoms with Crippen molar-refractivity contribution in [1.82, 2.24) is 15.1 Å². The normalized spacial score (nSPS) is 16.8. The predicted molar refractivity (Wildman–Crippen MR) is 140 cm³/mol. The van der Waals surface area contributed by atoms with Crippen LogP contribution in [0.1, 0.15) is 28.8 Å². The van der Waals surface area contributed by atoms with Crippen LogP contribution >= 0.6 is 0 Å². The van der Waals surface area contributed by atoms with Gasteiger partial charge in [0.1, 0.15) is 0 Å². The Hall–Kier alpha value is -3.79. The highest BCUT2D eigenvalue weighted by Crippen LogP contribution is 2.28. The Kier molecular flexibility index (Phi) is 6.92. The molecule has 0 saturated carbocycles. The van der Waals surface area contributed by atoms with Crippen molar-refractivity contribution in [2.24, 2.45) is 5.92 Å². The van der Waals surface area contributed by atoms with Crippen LogP contribution in [0.4, 0.5) is 11.5 Å². The number of hydrogen-bond acceptors (Lipinski definition) is 7. The van der Waals surface area contributed by atoms with E-state index in [1.165, 1.54) is 0 Å². The number of sulfone groups is 1. The van der Waals surface area contributed by atoms with E-state index >= 15 is 0 Å². The van der Waals surface area contributed by atoms with Crippen molar-refractivity contribution in [2.75, 3.05) is 36.4 Å². The Balaban J connectivity index is 1.15. The summed E-state index contributed by atoms with van der Waals surface area (Å²) in [6.07, 6.45) is 2.39. The molecular weight excluding hydrogens is 490 g/mol. The molecule has 5 rings (SSSR count). The van der Waals surface area contributed by atoms with Gasteiger partial charge in [-0.3, -0.25) is 9.59 Å². The molecule has 1 N–H and O–H groups in total. The molecule has 2 amide bonds. The van der Waals surface area contributed by atoms with E-state index in [4.69, 9.17) is 0 Å². The minimum absolute atomic E-state index is 0.0553. The van der Waals surface area contributed by atoms with Gasteiger partial charge in [-0.15, -0.1) is 5.10 Å². The molecule has 0 spiro atoms. The van der Waals surface area contributed by atoms with Gasteiger partial charge in [0, 0.05) is 43.6 Å². The highest BCUT2D eigenvalue weighted by Gasteiger charge is 2.35. The summed E-state index contributed by atoms with van der Waals surface area (Å²) >= 11 is 0. The fourth-order valence-corrected chi connectivity index (χ4v) is 6.54. The maximum atomic E-state index is 13.2. The molecule has 0 radical (unpaired) electrons. The Morgan fingerprint density at radius 2 is 1.65 bits per heavy atom. The first-order valence-electron chi connectivity index (χ1n) is 12.4. The molecule has 37 heavy (non-hydrogen) atoms. The first-order valence-corrected chi connectivity index (χ1v) is 13.9. The van der Waals surface area contributed by atoms with Crippen LogP contribution in [0.3, 0.4) is 0 Å². The fourth-order valence-electron chi connectivity index (χ4n) is 4.81. The number of nitrogens with one attached hydrogen (secondary N) is 1. The number of rotatable bonds is 6. The number of benzene rings is 2. The van der Waals surface area contributed by atoms with Crippen LogP contribution in [0, 0.1) is 12.8 Å². The Labute approximate surface area is 216 Å². The molecule has 10 heteroatoms. The van der Waals surface area contributed by atoms with E-state index in [1.807, 2.05) is 36.1 Å². The van der Waals surface area contributed by atoms with Crippen LogP contribution in [0.5, 0.6) is 0 Å². The summed E-state index contributed by atoms with van der Waals surface area (Å²) < 4.78 is 26.5. The maximum absolute atomic E-state index is 13.2. The molecule has 3 heterocycles. The van der Waals surface area contributed by atoms with Crippen molar-refractivity contribution < 1.29 is 18.0 Å². The highest BCUT2D eigenvalue weighted by atomic mass is 32.2. The van der Waals surface area contributed by atoms with Gasteiger partial charge in [-0.2, -0.15) is 5.10 Å². The first kappa shape index (κ1) is 24.9. The number of likely N-dealkylation sites (tertiary alicyclic amines) is 1.